The molecule has 2 aromatic heterocycles. The van der Waals surface area contributed by atoms with Crippen LogP contribution in [0.2, 0.25) is 5.02 Å². The third-order valence-corrected chi connectivity index (χ3v) is 5.40. The summed E-state index contributed by atoms with van der Waals surface area (Å²) in [6, 6.07) is 9.31. The summed E-state index contributed by atoms with van der Waals surface area (Å²) in [7, 11) is 1.42. The second kappa shape index (κ2) is 8.28. The van der Waals surface area contributed by atoms with E-state index in [0.717, 1.165) is 5.56 Å². The summed E-state index contributed by atoms with van der Waals surface area (Å²) in [5.74, 6) is -1.17. The van der Waals surface area contributed by atoms with Gasteiger partial charge in [0, 0.05) is 12.4 Å². The van der Waals surface area contributed by atoms with Crippen LogP contribution in [0.4, 0.5) is 0 Å². The average Bonchev–Trinajstić information content (AvgIpc) is 3.36. The Labute approximate surface area is 183 Å². The van der Waals surface area contributed by atoms with Crippen LogP contribution < -0.4 is 4.74 Å². The number of ether oxygens (including phenoxy) is 1. The molecule has 0 radical (unpaired) electrons. The SMILES string of the molecule is COc1c(Cl)cc(C)cc1/C(O)=C1\C(=O)C(=O)N(Cc2ccco2)C1c1ccncc1. The zero-order valence-electron chi connectivity index (χ0n) is 16.8. The first-order valence-corrected chi connectivity index (χ1v) is 9.85. The van der Waals surface area contributed by atoms with Crippen LogP contribution in [0.15, 0.2) is 65.0 Å². The van der Waals surface area contributed by atoms with Gasteiger partial charge in [0.2, 0.25) is 0 Å². The number of methoxy groups -OCH3 is 1. The van der Waals surface area contributed by atoms with Crippen molar-refractivity contribution in [1.29, 1.82) is 0 Å². The molecule has 8 heteroatoms. The number of aromatic nitrogens is 1. The van der Waals surface area contributed by atoms with Gasteiger partial charge in [0.1, 0.15) is 17.3 Å². The lowest BCUT2D eigenvalue weighted by Gasteiger charge is -2.24. The molecule has 4 rings (SSSR count). The number of aliphatic hydroxyl groups excluding tert-OH is 1. The number of furan rings is 1. The largest absolute Gasteiger partial charge is 0.507 e. The lowest BCUT2D eigenvalue weighted by Crippen LogP contribution is -2.29. The smallest absolute Gasteiger partial charge is 0.296 e. The molecule has 0 saturated carbocycles. The molecule has 0 aliphatic carbocycles. The molecule has 1 N–H and O–H groups in total. The number of carbonyl (C=O) groups is 2. The monoisotopic (exact) mass is 438 g/mol. The highest BCUT2D eigenvalue weighted by Crippen LogP contribution is 2.43. The Morgan fingerprint density at radius 3 is 2.65 bits per heavy atom. The molecule has 1 aliphatic heterocycles. The van der Waals surface area contributed by atoms with Gasteiger partial charge in [0.05, 0.1) is 42.1 Å². The van der Waals surface area contributed by atoms with Crippen molar-refractivity contribution >= 4 is 29.1 Å². The number of rotatable bonds is 5. The molecule has 3 heterocycles. The maximum atomic E-state index is 13.1. The van der Waals surface area contributed by atoms with E-state index in [0.29, 0.717) is 11.3 Å². The Hall–Kier alpha value is -3.58. The van der Waals surface area contributed by atoms with Gasteiger partial charge in [0.25, 0.3) is 11.7 Å². The average molecular weight is 439 g/mol. The molecule has 3 aromatic rings. The van der Waals surface area contributed by atoms with Crippen molar-refractivity contribution in [3.63, 3.8) is 0 Å². The number of ketones is 1. The standard InChI is InChI=1S/C23H19ClN2O5/c1-13-10-16(22(30-2)17(24)11-13)20(27)18-19(14-5-7-25-8-6-14)26(23(29)21(18)28)12-15-4-3-9-31-15/h3-11,19,27H,12H2,1-2H3/b20-18+. The molecule has 1 atom stereocenters. The van der Waals surface area contributed by atoms with E-state index >= 15 is 0 Å². The van der Waals surface area contributed by atoms with Crippen LogP contribution in [0.3, 0.4) is 0 Å². The molecule has 1 saturated heterocycles. The van der Waals surface area contributed by atoms with Gasteiger partial charge in [-0.1, -0.05) is 11.6 Å². The molecule has 1 aliphatic rings. The van der Waals surface area contributed by atoms with E-state index in [9.17, 15) is 14.7 Å². The molecule has 158 valence electrons. The lowest BCUT2D eigenvalue weighted by atomic mass is 9.95. The summed E-state index contributed by atoms with van der Waals surface area (Å²) in [5.41, 5.74) is 1.57. The van der Waals surface area contributed by atoms with Crippen LogP contribution in [-0.2, 0) is 16.1 Å². The van der Waals surface area contributed by atoms with Crippen LogP contribution in [0.25, 0.3) is 5.76 Å². The van der Waals surface area contributed by atoms with E-state index in [1.165, 1.54) is 18.3 Å². The molecule has 1 aromatic carbocycles. The first-order chi connectivity index (χ1) is 14.9. The van der Waals surface area contributed by atoms with E-state index in [-0.39, 0.29) is 34.2 Å². The zero-order chi connectivity index (χ0) is 22.1. The number of hydrogen-bond donors (Lipinski definition) is 1. The number of amides is 1. The fourth-order valence-electron chi connectivity index (χ4n) is 3.76. The number of Topliss-reactive ketones (excluding diaryl/α,β-unsaturated/α-hetero) is 1. The molecule has 31 heavy (non-hydrogen) atoms. The van der Waals surface area contributed by atoms with Gasteiger partial charge >= 0.3 is 0 Å². The van der Waals surface area contributed by atoms with Crippen molar-refractivity contribution in [3.05, 3.63) is 88.1 Å². The van der Waals surface area contributed by atoms with Gasteiger partial charge in [-0.15, -0.1) is 0 Å². The van der Waals surface area contributed by atoms with Crippen molar-refractivity contribution in [2.75, 3.05) is 7.11 Å². The zero-order valence-corrected chi connectivity index (χ0v) is 17.6. The van der Waals surface area contributed by atoms with Crippen molar-refractivity contribution in [1.82, 2.24) is 9.88 Å². The Bertz CT molecular complexity index is 1170. The van der Waals surface area contributed by atoms with Gasteiger partial charge in [-0.3, -0.25) is 14.6 Å². The molecular formula is C23H19ClN2O5. The Balaban J connectivity index is 1.93. The van der Waals surface area contributed by atoms with Crippen molar-refractivity contribution in [2.24, 2.45) is 0 Å². The number of benzene rings is 1. The predicted molar refractivity (Wildman–Crippen MR) is 114 cm³/mol. The summed E-state index contributed by atoms with van der Waals surface area (Å²) in [4.78, 5) is 31.4. The van der Waals surface area contributed by atoms with E-state index in [4.69, 9.17) is 20.8 Å². The lowest BCUT2D eigenvalue weighted by molar-refractivity contribution is -0.140. The molecule has 1 unspecified atom stereocenters. The number of hydrogen-bond acceptors (Lipinski definition) is 6. The number of aryl methyl sites for hydroxylation is 1. The van der Waals surface area contributed by atoms with Gasteiger partial charge < -0.3 is 19.2 Å². The third kappa shape index (κ3) is 3.68. The van der Waals surface area contributed by atoms with Gasteiger partial charge in [-0.2, -0.15) is 0 Å². The fourth-order valence-corrected chi connectivity index (χ4v) is 4.11. The number of pyridine rings is 1. The quantitative estimate of drug-likeness (QED) is 0.363. The second-order valence-corrected chi connectivity index (χ2v) is 7.52. The van der Waals surface area contributed by atoms with Crippen LogP contribution in [0, 0.1) is 6.92 Å². The molecule has 0 spiro atoms. The summed E-state index contributed by atoms with van der Waals surface area (Å²) in [5, 5.41) is 11.5. The molecule has 7 nitrogen and oxygen atoms in total. The number of aliphatic hydroxyl groups is 1. The summed E-state index contributed by atoms with van der Waals surface area (Å²) < 4.78 is 10.7. The molecule has 1 amide bonds. The number of nitrogens with zero attached hydrogens (tertiary/aromatic N) is 2. The first-order valence-electron chi connectivity index (χ1n) is 9.47. The summed E-state index contributed by atoms with van der Waals surface area (Å²) in [6.45, 7) is 1.87. The highest BCUT2D eigenvalue weighted by atomic mass is 35.5. The van der Waals surface area contributed by atoms with Crippen LogP contribution >= 0.6 is 11.6 Å². The van der Waals surface area contributed by atoms with E-state index in [1.807, 2.05) is 0 Å². The summed E-state index contributed by atoms with van der Waals surface area (Å²) >= 11 is 6.29. The minimum atomic E-state index is -0.836. The summed E-state index contributed by atoms with van der Waals surface area (Å²) in [6.07, 6.45) is 4.62. The van der Waals surface area contributed by atoms with Crippen molar-refractivity contribution < 1.29 is 23.8 Å². The topological polar surface area (TPSA) is 92.9 Å². The normalized spacial score (nSPS) is 17.9. The maximum absolute atomic E-state index is 13.1. The molecule has 0 bridgehead atoms. The van der Waals surface area contributed by atoms with E-state index < -0.39 is 17.7 Å². The highest BCUT2D eigenvalue weighted by Gasteiger charge is 2.46. The highest BCUT2D eigenvalue weighted by molar-refractivity contribution is 6.46. The Morgan fingerprint density at radius 1 is 1.26 bits per heavy atom. The number of halogens is 1. The van der Waals surface area contributed by atoms with Crippen molar-refractivity contribution in [2.45, 2.75) is 19.5 Å². The second-order valence-electron chi connectivity index (χ2n) is 7.11. The fraction of sp³-hybridized carbons (Fsp3) is 0.174. The Morgan fingerprint density at radius 2 is 2.00 bits per heavy atom. The van der Waals surface area contributed by atoms with E-state index in [2.05, 4.69) is 4.98 Å². The number of carbonyl (C=O) groups excluding carboxylic acids is 2. The first kappa shape index (κ1) is 20.7. The van der Waals surface area contributed by atoms with Gasteiger partial charge in [-0.05, 0) is 54.4 Å². The molecule has 1 fully saturated rings. The minimum absolute atomic E-state index is 0.0530. The maximum Gasteiger partial charge on any atom is 0.296 e. The third-order valence-electron chi connectivity index (χ3n) is 5.12. The van der Waals surface area contributed by atoms with Crippen LogP contribution in [-0.4, -0.2) is 33.8 Å². The van der Waals surface area contributed by atoms with Gasteiger partial charge in [0.15, 0.2) is 0 Å². The van der Waals surface area contributed by atoms with Gasteiger partial charge in [-0.25, -0.2) is 0 Å². The number of likely N-dealkylation sites (tertiary alicyclic amines) is 1. The molecular weight excluding hydrogens is 420 g/mol. The predicted octanol–water partition coefficient (Wildman–Crippen LogP) is 4.27. The van der Waals surface area contributed by atoms with E-state index in [1.54, 1.807) is 55.7 Å². The Kier molecular flexibility index (Phi) is 5.52. The minimum Gasteiger partial charge on any atom is -0.507 e. The van der Waals surface area contributed by atoms with Crippen molar-refractivity contribution in [3.8, 4) is 5.75 Å². The van der Waals surface area contributed by atoms with Crippen LogP contribution in [0.1, 0.15) is 28.5 Å². The van der Waals surface area contributed by atoms with Crippen LogP contribution in [0.5, 0.6) is 5.75 Å².